The number of nitro groups is 1. The van der Waals surface area contributed by atoms with Gasteiger partial charge in [-0.1, -0.05) is 19.4 Å². The Labute approximate surface area is 129 Å². The third-order valence-electron chi connectivity index (χ3n) is 3.60. The van der Waals surface area contributed by atoms with Gasteiger partial charge >= 0.3 is 6.09 Å². The molecule has 1 saturated heterocycles. The summed E-state index contributed by atoms with van der Waals surface area (Å²) in [5.41, 5.74) is 0.749. The smallest absolute Gasteiger partial charge is 0.409 e. The standard InChI is InChI=1S/C15H21N3O4/c1-2-3-9-22-15(19)17-8-7-13(11-17)16-12-5-4-6-14(10-12)18(20)21/h4-6,10,13,16H,2-3,7-9,11H2,1H3. The van der Waals surface area contributed by atoms with Crippen LogP contribution in [0, 0.1) is 10.1 Å². The Morgan fingerprint density at radius 2 is 2.36 bits per heavy atom. The van der Waals surface area contributed by atoms with Crippen molar-refractivity contribution in [3.05, 3.63) is 34.4 Å². The summed E-state index contributed by atoms with van der Waals surface area (Å²) in [6.07, 6.45) is 2.38. The van der Waals surface area contributed by atoms with Gasteiger partial charge in [0.1, 0.15) is 0 Å². The first-order valence-corrected chi connectivity index (χ1v) is 7.53. The van der Waals surface area contributed by atoms with Crippen molar-refractivity contribution in [2.75, 3.05) is 25.0 Å². The van der Waals surface area contributed by atoms with E-state index in [1.807, 2.05) is 6.92 Å². The first-order chi connectivity index (χ1) is 10.6. The molecule has 1 aromatic rings. The maximum Gasteiger partial charge on any atom is 0.409 e. The second kappa shape index (κ2) is 7.63. The van der Waals surface area contributed by atoms with Crippen molar-refractivity contribution in [1.82, 2.24) is 4.90 Å². The van der Waals surface area contributed by atoms with Crippen LogP contribution in [0.25, 0.3) is 0 Å². The minimum Gasteiger partial charge on any atom is -0.449 e. The van der Waals surface area contributed by atoms with Crippen molar-refractivity contribution < 1.29 is 14.5 Å². The number of hydrogen-bond acceptors (Lipinski definition) is 5. The van der Waals surface area contributed by atoms with Gasteiger partial charge in [-0.2, -0.15) is 0 Å². The fraction of sp³-hybridized carbons (Fsp3) is 0.533. The number of unbranched alkanes of at least 4 members (excludes halogenated alkanes) is 1. The summed E-state index contributed by atoms with van der Waals surface area (Å²) in [6, 6.07) is 6.47. The second-order valence-corrected chi connectivity index (χ2v) is 5.35. The summed E-state index contributed by atoms with van der Waals surface area (Å²) in [5, 5.41) is 14.0. The Balaban J connectivity index is 1.84. The maximum absolute atomic E-state index is 11.8. The fourth-order valence-electron chi connectivity index (χ4n) is 2.38. The predicted molar refractivity (Wildman–Crippen MR) is 83.0 cm³/mol. The number of nitrogens with zero attached hydrogens (tertiary/aromatic N) is 2. The molecule has 1 N–H and O–H groups in total. The van der Waals surface area contributed by atoms with Crippen LogP contribution in [0.15, 0.2) is 24.3 Å². The number of rotatable bonds is 6. The summed E-state index contributed by atoms with van der Waals surface area (Å²) < 4.78 is 5.19. The lowest BCUT2D eigenvalue weighted by molar-refractivity contribution is -0.384. The molecule has 1 unspecified atom stereocenters. The highest BCUT2D eigenvalue weighted by Crippen LogP contribution is 2.20. The van der Waals surface area contributed by atoms with Gasteiger partial charge in [0.25, 0.3) is 5.69 Å². The molecule has 0 saturated carbocycles. The van der Waals surface area contributed by atoms with E-state index in [0.29, 0.717) is 25.4 Å². The summed E-state index contributed by atoms with van der Waals surface area (Å²) in [5.74, 6) is 0. The molecule has 1 fully saturated rings. The predicted octanol–water partition coefficient (Wildman–Crippen LogP) is 3.02. The Bertz CT molecular complexity index is 535. The van der Waals surface area contributed by atoms with Gasteiger partial charge in [0, 0.05) is 37.0 Å². The molecule has 7 heteroatoms. The van der Waals surface area contributed by atoms with E-state index in [1.54, 1.807) is 17.0 Å². The van der Waals surface area contributed by atoms with Gasteiger partial charge < -0.3 is 15.0 Å². The summed E-state index contributed by atoms with van der Waals surface area (Å²) >= 11 is 0. The van der Waals surface area contributed by atoms with Crippen LogP contribution in [0.2, 0.25) is 0 Å². The number of anilines is 1. The molecule has 120 valence electrons. The molecule has 22 heavy (non-hydrogen) atoms. The highest BCUT2D eigenvalue weighted by molar-refractivity contribution is 5.68. The minimum absolute atomic E-state index is 0.0545. The summed E-state index contributed by atoms with van der Waals surface area (Å²) in [6.45, 7) is 3.68. The van der Waals surface area contributed by atoms with Crippen LogP contribution in [0.4, 0.5) is 16.2 Å². The number of non-ortho nitro benzene ring substituents is 1. The van der Waals surface area contributed by atoms with E-state index < -0.39 is 4.92 Å². The van der Waals surface area contributed by atoms with E-state index in [2.05, 4.69) is 5.32 Å². The molecule has 0 aromatic heterocycles. The van der Waals surface area contributed by atoms with Gasteiger partial charge in [0.15, 0.2) is 0 Å². The Morgan fingerprint density at radius 3 is 3.09 bits per heavy atom. The van der Waals surface area contributed by atoms with Crippen LogP contribution in [0.3, 0.4) is 0 Å². The third kappa shape index (κ3) is 4.34. The Morgan fingerprint density at radius 1 is 1.55 bits per heavy atom. The van der Waals surface area contributed by atoms with Gasteiger partial charge in [0.05, 0.1) is 11.5 Å². The van der Waals surface area contributed by atoms with Crippen LogP contribution >= 0.6 is 0 Å². The molecule has 1 heterocycles. The molecule has 0 bridgehead atoms. The minimum atomic E-state index is -0.419. The summed E-state index contributed by atoms with van der Waals surface area (Å²) in [4.78, 5) is 23.9. The van der Waals surface area contributed by atoms with Crippen molar-refractivity contribution in [3.8, 4) is 0 Å². The maximum atomic E-state index is 11.8. The van der Waals surface area contributed by atoms with Crippen molar-refractivity contribution in [2.24, 2.45) is 0 Å². The average Bonchev–Trinajstić information content (AvgIpc) is 2.96. The summed E-state index contributed by atoms with van der Waals surface area (Å²) in [7, 11) is 0. The number of carbonyl (C=O) groups excluding carboxylic acids is 1. The van der Waals surface area contributed by atoms with E-state index in [4.69, 9.17) is 4.74 Å². The van der Waals surface area contributed by atoms with Crippen LogP contribution in [-0.4, -0.2) is 41.7 Å². The monoisotopic (exact) mass is 307 g/mol. The number of ether oxygens (including phenoxy) is 1. The van der Waals surface area contributed by atoms with Gasteiger partial charge in [-0.15, -0.1) is 0 Å². The van der Waals surface area contributed by atoms with Gasteiger partial charge in [-0.25, -0.2) is 4.79 Å². The first-order valence-electron chi connectivity index (χ1n) is 7.53. The number of nitrogens with one attached hydrogen (secondary N) is 1. The van der Waals surface area contributed by atoms with Crippen LogP contribution in [0.1, 0.15) is 26.2 Å². The topological polar surface area (TPSA) is 84.7 Å². The molecule has 1 aliphatic heterocycles. The second-order valence-electron chi connectivity index (χ2n) is 5.35. The van der Waals surface area contributed by atoms with E-state index in [0.717, 1.165) is 19.3 Å². The van der Waals surface area contributed by atoms with Crippen molar-refractivity contribution in [3.63, 3.8) is 0 Å². The van der Waals surface area contributed by atoms with Gasteiger partial charge in [0.2, 0.25) is 0 Å². The van der Waals surface area contributed by atoms with Crippen molar-refractivity contribution in [2.45, 2.75) is 32.2 Å². The van der Waals surface area contributed by atoms with E-state index in [9.17, 15) is 14.9 Å². The Kier molecular flexibility index (Phi) is 5.57. The molecule has 0 radical (unpaired) electrons. The molecule has 1 amide bonds. The number of carbonyl (C=O) groups is 1. The molecule has 1 atom stereocenters. The normalized spacial score (nSPS) is 17.3. The number of hydrogen-bond donors (Lipinski definition) is 1. The molecule has 1 aromatic carbocycles. The SMILES string of the molecule is CCCCOC(=O)N1CCC(Nc2cccc([N+](=O)[O-])c2)C1. The molecule has 1 aliphatic rings. The number of amides is 1. The van der Waals surface area contributed by atoms with Crippen LogP contribution in [-0.2, 0) is 4.74 Å². The lowest BCUT2D eigenvalue weighted by atomic mass is 10.2. The average molecular weight is 307 g/mol. The largest absolute Gasteiger partial charge is 0.449 e. The van der Waals surface area contributed by atoms with E-state index in [-0.39, 0.29) is 17.8 Å². The van der Waals surface area contributed by atoms with Gasteiger partial charge in [-0.05, 0) is 18.9 Å². The highest BCUT2D eigenvalue weighted by Gasteiger charge is 2.27. The third-order valence-corrected chi connectivity index (χ3v) is 3.60. The number of benzene rings is 1. The van der Waals surface area contributed by atoms with Crippen molar-refractivity contribution in [1.29, 1.82) is 0 Å². The lowest BCUT2D eigenvalue weighted by Crippen LogP contribution is -2.32. The molecule has 2 rings (SSSR count). The van der Waals surface area contributed by atoms with E-state index in [1.165, 1.54) is 12.1 Å². The fourth-order valence-corrected chi connectivity index (χ4v) is 2.38. The molecule has 0 aliphatic carbocycles. The first kappa shape index (κ1) is 16.1. The molecule has 0 spiro atoms. The molecule has 7 nitrogen and oxygen atoms in total. The van der Waals surface area contributed by atoms with E-state index >= 15 is 0 Å². The zero-order chi connectivity index (χ0) is 15.9. The zero-order valence-electron chi connectivity index (χ0n) is 12.7. The molecular formula is C15H21N3O4. The quantitative estimate of drug-likeness (QED) is 0.496. The highest BCUT2D eigenvalue weighted by atomic mass is 16.6. The van der Waals surface area contributed by atoms with Crippen molar-refractivity contribution >= 4 is 17.5 Å². The number of nitro benzene ring substituents is 1. The molecular weight excluding hydrogens is 286 g/mol. The number of likely N-dealkylation sites (tertiary alicyclic amines) is 1. The van der Waals surface area contributed by atoms with Gasteiger partial charge in [-0.3, -0.25) is 10.1 Å². The van der Waals surface area contributed by atoms with Crippen LogP contribution in [0.5, 0.6) is 0 Å². The lowest BCUT2D eigenvalue weighted by Gasteiger charge is -2.17. The van der Waals surface area contributed by atoms with Crippen LogP contribution < -0.4 is 5.32 Å². The zero-order valence-corrected chi connectivity index (χ0v) is 12.7. The Hall–Kier alpha value is -2.31.